The van der Waals surface area contributed by atoms with E-state index in [1.54, 1.807) is 18.9 Å². The zero-order chi connectivity index (χ0) is 25.9. The number of aromatic nitrogens is 1. The van der Waals surface area contributed by atoms with E-state index in [0.717, 1.165) is 33.3 Å². The summed E-state index contributed by atoms with van der Waals surface area (Å²) >= 11 is 2.88. The van der Waals surface area contributed by atoms with Gasteiger partial charge < -0.3 is 10.1 Å². The van der Waals surface area contributed by atoms with Gasteiger partial charge in [-0.1, -0.05) is 35.6 Å². The van der Waals surface area contributed by atoms with E-state index in [2.05, 4.69) is 11.4 Å². The van der Waals surface area contributed by atoms with Gasteiger partial charge in [-0.2, -0.15) is 13.2 Å². The van der Waals surface area contributed by atoms with Crippen LogP contribution in [-0.4, -0.2) is 22.8 Å². The smallest absolute Gasteiger partial charge is 0.416 e. The van der Waals surface area contributed by atoms with Crippen LogP contribution in [0, 0.1) is 17.8 Å². The molecule has 1 N–H and O–H groups in total. The minimum Gasteiger partial charge on any atom is -0.496 e. The first-order valence-electron chi connectivity index (χ1n) is 12.2. The minimum atomic E-state index is -4.51. The van der Waals surface area contributed by atoms with Crippen LogP contribution in [-0.2, 0) is 17.5 Å². The summed E-state index contributed by atoms with van der Waals surface area (Å²) in [6.07, 6.45) is -0.950. The van der Waals surface area contributed by atoms with E-state index in [-0.39, 0.29) is 23.0 Å². The van der Waals surface area contributed by atoms with Gasteiger partial charge >= 0.3 is 11.0 Å². The Balaban J connectivity index is 1.35. The Morgan fingerprint density at radius 1 is 1.14 bits per heavy atom. The SMILES string of the molecule is COc1ccccc1[C@@H]1c2sc(=O)n(CC(=O)Nc3cccc(C(F)(F)F)c3)c2S[C@@H]2[C@H]3CC[C@@H](C3)[C@@H]12. The van der Waals surface area contributed by atoms with Crippen molar-refractivity contribution in [2.45, 2.75) is 48.2 Å². The number of carbonyl (C=O) groups is 1. The summed E-state index contributed by atoms with van der Waals surface area (Å²) in [5, 5.41) is 3.70. The quantitative estimate of drug-likeness (QED) is 0.412. The van der Waals surface area contributed by atoms with Gasteiger partial charge in [0.05, 0.1) is 17.7 Å². The van der Waals surface area contributed by atoms with Gasteiger partial charge in [-0.25, -0.2) is 0 Å². The third-order valence-electron chi connectivity index (χ3n) is 7.94. The first kappa shape index (κ1) is 24.6. The number of halogens is 3. The van der Waals surface area contributed by atoms with Crippen molar-refractivity contribution < 1.29 is 22.7 Å². The van der Waals surface area contributed by atoms with E-state index in [0.29, 0.717) is 23.0 Å². The molecule has 1 amide bonds. The number of para-hydroxylation sites is 1. The molecular weight excluding hydrogens is 521 g/mol. The van der Waals surface area contributed by atoms with Gasteiger partial charge in [-0.3, -0.25) is 14.2 Å². The van der Waals surface area contributed by atoms with E-state index in [4.69, 9.17) is 4.74 Å². The van der Waals surface area contributed by atoms with E-state index in [1.165, 1.54) is 47.3 Å². The molecule has 5 atom stereocenters. The average molecular weight is 547 g/mol. The van der Waals surface area contributed by atoms with Crippen molar-refractivity contribution in [2.24, 2.45) is 17.8 Å². The predicted molar refractivity (Wildman–Crippen MR) is 137 cm³/mol. The summed E-state index contributed by atoms with van der Waals surface area (Å²) in [5.41, 5.74) is 0.272. The number of anilines is 1. The Morgan fingerprint density at radius 2 is 1.92 bits per heavy atom. The van der Waals surface area contributed by atoms with Crippen LogP contribution in [0.3, 0.4) is 0 Å². The molecule has 2 saturated carbocycles. The van der Waals surface area contributed by atoms with E-state index in [1.807, 2.05) is 18.2 Å². The fourth-order valence-electron chi connectivity index (χ4n) is 6.48. The number of rotatable bonds is 5. The lowest BCUT2D eigenvalue weighted by atomic mass is 9.74. The molecular formula is C27H25F3N2O3S2. The maximum atomic E-state index is 13.2. The zero-order valence-electron chi connectivity index (χ0n) is 20.0. The number of nitrogens with one attached hydrogen (secondary N) is 1. The van der Waals surface area contributed by atoms with Gasteiger partial charge in [0.15, 0.2) is 0 Å². The second-order valence-electron chi connectivity index (χ2n) is 9.96. The lowest BCUT2D eigenvalue weighted by Gasteiger charge is -2.40. The van der Waals surface area contributed by atoms with Crippen LogP contribution in [0.1, 0.15) is 41.2 Å². The Bertz CT molecular complexity index is 1420. The molecule has 3 aromatic rings. The van der Waals surface area contributed by atoms with Crippen molar-refractivity contribution in [3.05, 3.63) is 74.2 Å². The van der Waals surface area contributed by atoms with E-state index in [9.17, 15) is 22.8 Å². The summed E-state index contributed by atoms with van der Waals surface area (Å²) < 4.78 is 46.5. The average Bonchev–Trinajstić information content (AvgIpc) is 3.57. The first-order valence-corrected chi connectivity index (χ1v) is 13.9. The number of fused-ring (bicyclic) bond motifs is 6. The fraction of sp³-hybridized carbons (Fsp3) is 0.407. The van der Waals surface area contributed by atoms with Crippen LogP contribution in [0.4, 0.5) is 18.9 Å². The van der Waals surface area contributed by atoms with Crippen LogP contribution in [0.25, 0.3) is 0 Å². The summed E-state index contributed by atoms with van der Waals surface area (Å²) in [4.78, 5) is 26.9. The minimum absolute atomic E-state index is 0.0122. The van der Waals surface area contributed by atoms with Gasteiger partial charge in [0, 0.05) is 27.3 Å². The van der Waals surface area contributed by atoms with Crippen LogP contribution < -0.4 is 14.9 Å². The first-order chi connectivity index (χ1) is 17.7. The number of thiazole rings is 1. The number of carbonyl (C=O) groups excluding carboxylic acids is 1. The number of amides is 1. The highest BCUT2D eigenvalue weighted by Gasteiger charge is 2.55. The Labute approximate surface area is 220 Å². The van der Waals surface area contributed by atoms with Crippen molar-refractivity contribution in [1.82, 2.24) is 4.57 Å². The highest BCUT2D eigenvalue weighted by Crippen LogP contribution is 2.64. The molecule has 37 heavy (non-hydrogen) atoms. The lowest BCUT2D eigenvalue weighted by Crippen LogP contribution is -2.35. The van der Waals surface area contributed by atoms with Gasteiger partial charge in [0.1, 0.15) is 12.3 Å². The standard InChI is InChI=1S/C27H25F3N2O3S2/c1-35-19-8-3-2-7-18(19)22-21-14-9-10-15(11-14)23(21)36-25-24(22)37-26(34)32(25)13-20(33)31-17-6-4-5-16(12-17)27(28,29)30/h2-8,12,14-15,21-23H,9-11,13H2,1H3,(H,31,33)/t14-,15-,21-,22-,23+/m0/s1. The molecule has 2 fully saturated rings. The van der Waals surface area contributed by atoms with Gasteiger partial charge in [-0.05, 0) is 61.3 Å². The number of methoxy groups -OCH3 is 1. The number of alkyl halides is 3. The molecule has 0 saturated heterocycles. The molecule has 0 radical (unpaired) electrons. The highest BCUT2D eigenvalue weighted by atomic mass is 32.2. The maximum absolute atomic E-state index is 13.2. The number of ether oxygens (including phenoxy) is 1. The molecule has 2 aromatic carbocycles. The fourth-order valence-corrected chi connectivity index (χ4v) is 9.62. The van der Waals surface area contributed by atoms with Crippen LogP contribution in [0.2, 0.25) is 0 Å². The van der Waals surface area contributed by atoms with Crippen molar-refractivity contribution in [3.63, 3.8) is 0 Å². The van der Waals surface area contributed by atoms with E-state index >= 15 is 0 Å². The Hall–Kier alpha value is -2.72. The van der Waals surface area contributed by atoms with Gasteiger partial charge in [0.25, 0.3) is 0 Å². The Kier molecular flexibility index (Phi) is 6.14. The molecule has 3 aliphatic rings. The number of hydrogen-bond donors (Lipinski definition) is 1. The van der Waals surface area contributed by atoms with Crippen LogP contribution in [0.5, 0.6) is 5.75 Å². The van der Waals surface area contributed by atoms with Crippen molar-refractivity contribution in [1.29, 1.82) is 0 Å². The summed E-state index contributed by atoms with van der Waals surface area (Å²) in [6.45, 7) is -0.252. The molecule has 0 unspecified atom stereocenters. The number of nitrogens with zero attached hydrogens (tertiary/aromatic N) is 1. The lowest BCUT2D eigenvalue weighted by molar-refractivity contribution is -0.137. The van der Waals surface area contributed by atoms with Crippen molar-refractivity contribution in [3.8, 4) is 5.75 Å². The summed E-state index contributed by atoms with van der Waals surface area (Å²) in [5.74, 6) is 1.84. The monoisotopic (exact) mass is 546 g/mol. The highest BCUT2D eigenvalue weighted by molar-refractivity contribution is 8.00. The molecule has 1 aliphatic heterocycles. The molecule has 6 rings (SSSR count). The molecule has 2 bridgehead atoms. The second kappa shape index (κ2) is 9.23. The topological polar surface area (TPSA) is 60.3 Å². The van der Waals surface area contributed by atoms with Crippen molar-refractivity contribution in [2.75, 3.05) is 12.4 Å². The molecule has 2 aliphatic carbocycles. The second-order valence-corrected chi connectivity index (χ2v) is 12.1. The predicted octanol–water partition coefficient (Wildman–Crippen LogP) is 6.23. The van der Waals surface area contributed by atoms with Crippen LogP contribution >= 0.6 is 23.1 Å². The molecule has 0 spiro atoms. The molecule has 10 heteroatoms. The van der Waals surface area contributed by atoms with E-state index < -0.39 is 17.6 Å². The summed E-state index contributed by atoms with van der Waals surface area (Å²) in [7, 11) is 1.65. The van der Waals surface area contributed by atoms with Gasteiger partial charge in [-0.15, -0.1) is 11.8 Å². The van der Waals surface area contributed by atoms with Crippen molar-refractivity contribution >= 4 is 34.7 Å². The molecule has 194 valence electrons. The number of hydrogen-bond acceptors (Lipinski definition) is 5. The number of thioether (sulfide) groups is 1. The molecule has 2 heterocycles. The van der Waals surface area contributed by atoms with Crippen LogP contribution in [0.15, 0.2) is 58.4 Å². The third-order valence-corrected chi connectivity index (χ3v) is 10.8. The molecule has 5 nitrogen and oxygen atoms in total. The largest absolute Gasteiger partial charge is 0.496 e. The normalized spacial score (nSPS) is 26.0. The maximum Gasteiger partial charge on any atom is 0.416 e. The number of benzene rings is 2. The molecule has 1 aromatic heterocycles. The van der Waals surface area contributed by atoms with Gasteiger partial charge in [0.2, 0.25) is 5.91 Å². The summed E-state index contributed by atoms with van der Waals surface area (Å²) in [6, 6.07) is 12.5. The Morgan fingerprint density at radius 3 is 2.70 bits per heavy atom. The third kappa shape index (κ3) is 4.27. The zero-order valence-corrected chi connectivity index (χ0v) is 21.6.